The molecule has 1 heteroatoms. The first-order valence-corrected chi connectivity index (χ1v) is 12.7. The number of fused-ring (bicyclic) bond motifs is 1. The van der Waals surface area contributed by atoms with E-state index in [4.69, 9.17) is 0 Å². The summed E-state index contributed by atoms with van der Waals surface area (Å²) in [4.78, 5) is 0. The van der Waals surface area contributed by atoms with Gasteiger partial charge in [-0.25, -0.2) is 10.0 Å². The molecule has 0 nitrogen and oxygen atoms in total. The molecule has 0 aromatic carbocycles. The Bertz CT molecular complexity index is 484. The fraction of sp³-hybridized carbons (Fsp3) is 1.00. The van der Waals surface area contributed by atoms with Gasteiger partial charge in [-0.15, -0.1) is 0 Å². The van der Waals surface area contributed by atoms with Crippen LogP contribution in [-0.4, -0.2) is 22.0 Å². The van der Waals surface area contributed by atoms with Gasteiger partial charge in [0.15, 0.2) is 0 Å². The molecule has 0 N–H and O–H groups in total. The standard InChI is InChI=1S/C21H34S/c1-2-17-13-18-20(16-11-15(12-16)14-5-3-6-14)22(9-4-10-22)19-7-8-21(17,18)19/h14-20H,2-13H2,1H3. The van der Waals surface area contributed by atoms with Crippen LogP contribution in [-0.2, 0) is 0 Å². The number of hydrogen-bond donors (Lipinski definition) is 0. The van der Waals surface area contributed by atoms with E-state index in [1.54, 1.807) is 69.3 Å². The lowest BCUT2D eigenvalue weighted by molar-refractivity contribution is -0.111. The molecule has 6 rings (SSSR count). The van der Waals surface area contributed by atoms with Crippen LogP contribution in [0.4, 0.5) is 0 Å². The Morgan fingerprint density at radius 2 is 1.73 bits per heavy atom. The molecule has 0 aromatic heterocycles. The topological polar surface area (TPSA) is 0 Å². The Balaban J connectivity index is 1.27. The van der Waals surface area contributed by atoms with Gasteiger partial charge in [-0.05, 0) is 95.5 Å². The number of hydrogen-bond acceptors (Lipinski definition) is 0. The van der Waals surface area contributed by atoms with Gasteiger partial charge in [-0.1, -0.05) is 32.6 Å². The predicted octanol–water partition coefficient (Wildman–Crippen LogP) is 5.60. The summed E-state index contributed by atoms with van der Waals surface area (Å²) in [5, 5.41) is 2.57. The van der Waals surface area contributed by atoms with Crippen LogP contribution in [0.3, 0.4) is 0 Å². The minimum atomic E-state index is -0.129. The third-order valence-electron chi connectivity index (χ3n) is 9.97. The van der Waals surface area contributed by atoms with Gasteiger partial charge in [0.1, 0.15) is 0 Å². The molecule has 22 heavy (non-hydrogen) atoms. The fourth-order valence-electron chi connectivity index (χ4n) is 8.57. The van der Waals surface area contributed by atoms with Crippen LogP contribution >= 0.6 is 10.0 Å². The smallest absolute Gasteiger partial charge is 0.00463 e. The maximum Gasteiger partial charge on any atom is -0.00463 e. The fourth-order valence-corrected chi connectivity index (χ4v) is 15.0. The number of rotatable bonds is 3. The van der Waals surface area contributed by atoms with E-state index in [-0.39, 0.29) is 10.0 Å². The van der Waals surface area contributed by atoms with Gasteiger partial charge in [-0.3, -0.25) is 0 Å². The molecule has 0 aromatic rings. The minimum absolute atomic E-state index is 0.129. The maximum atomic E-state index is 2.50. The lowest BCUT2D eigenvalue weighted by Gasteiger charge is -2.65. The summed E-state index contributed by atoms with van der Waals surface area (Å²) >= 11 is 0. The normalized spacial score (nSPS) is 59.1. The molecule has 6 aliphatic rings. The summed E-state index contributed by atoms with van der Waals surface area (Å²) in [5.41, 5.74) is 0.941. The van der Waals surface area contributed by atoms with Crippen molar-refractivity contribution in [2.24, 2.45) is 35.0 Å². The largest absolute Gasteiger partial charge is 0.234 e. The van der Waals surface area contributed by atoms with Crippen molar-refractivity contribution >= 4 is 10.0 Å². The van der Waals surface area contributed by atoms with Gasteiger partial charge < -0.3 is 0 Å². The van der Waals surface area contributed by atoms with E-state index in [0.717, 1.165) is 11.3 Å². The van der Waals surface area contributed by atoms with Crippen molar-refractivity contribution in [3.63, 3.8) is 0 Å². The van der Waals surface area contributed by atoms with Crippen LogP contribution < -0.4 is 0 Å². The molecule has 2 aliphatic heterocycles. The molecule has 4 aliphatic carbocycles. The van der Waals surface area contributed by atoms with E-state index in [9.17, 15) is 0 Å². The Kier molecular flexibility index (Phi) is 2.66. The molecule has 0 bridgehead atoms. The Morgan fingerprint density at radius 3 is 2.23 bits per heavy atom. The van der Waals surface area contributed by atoms with Crippen molar-refractivity contribution in [2.75, 3.05) is 11.5 Å². The summed E-state index contributed by atoms with van der Waals surface area (Å²) in [6, 6.07) is 0. The zero-order valence-corrected chi connectivity index (χ0v) is 15.3. The van der Waals surface area contributed by atoms with Gasteiger partial charge in [0.2, 0.25) is 0 Å². The van der Waals surface area contributed by atoms with E-state index in [0.29, 0.717) is 0 Å². The van der Waals surface area contributed by atoms with Crippen molar-refractivity contribution in [3.05, 3.63) is 0 Å². The molecular weight excluding hydrogens is 284 g/mol. The molecule has 6 fully saturated rings. The zero-order chi connectivity index (χ0) is 14.5. The second kappa shape index (κ2) is 4.30. The van der Waals surface area contributed by atoms with Crippen LogP contribution in [0.2, 0.25) is 0 Å². The molecule has 5 unspecified atom stereocenters. The maximum absolute atomic E-state index is 2.50. The SMILES string of the molecule is CCC1CC2C(C3CC(C4CCC4)C3)S3(CCC3)C3CCC123. The summed E-state index contributed by atoms with van der Waals surface area (Å²) in [5.74, 6) is 9.43. The first-order valence-electron chi connectivity index (χ1n) is 10.6. The van der Waals surface area contributed by atoms with Crippen LogP contribution in [0.5, 0.6) is 0 Å². The van der Waals surface area contributed by atoms with Gasteiger partial charge in [0, 0.05) is 0 Å². The van der Waals surface area contributed by atoms with Gasteiger partial charge in [0.05, 0.1) is 0 Å². The highest BCUT2D eigenvalue weighted by atomic mass is 32.3. The monoisotopic (exact) mass is 318 g/mol. The predicted molar refractivity (Wildman–Crippen MR) is 96.6 cm³/mol. The molecule has 0 amide bonds. The average Bonchev–Trinajstić information content (AvgIpc) is 2.42. The van der Waals surface area contributed by atoms with Crippen LogP contribution in [0.1, 0.15) is 71.1 Å². The highest BCUT2D eigenvalue weighted by Crippen LogP contribution is 2.89. The Hall–Kier alpha value is 0.350. The molecule has 2 heterocycles. The molecule has 124 valence electrons. The second-order valence-corrected chi connectivity index (χ2v) is 13.9. The van der Waals surface area contributed by atoms with Crippen LogP contribution in [0, 0.1) is 35.0 Å². The zero-order valence-electron chi connectivity index (χ0n) is 14.4. The van der Waals surface area contributed by atoms with E-state index in [1.165, 1.54) is 40.6 Å². The lowest BCUT2D eigenvalue weighted by Crippen LogP contribution is -2.59. The van der Waals surface area contributed by atoms with Gasteiger partial charge >= 0.3 is 0 Å². The summed E-state index contributed by atoms with van der Waals surface area (Å²) in [6.45, 7) is 2.50. The van der Waals surface area contributed by atoms with Crippen molar-refractivity contribution in [3.8, 4) is 0 Å². The molecule has 5 atom stereocenters. The van der Waals surface area contributed by atoms with E-state index < -0.39 is 0 Å². The van der Waals surface area contributed by atoms with Crippen molar-refractivity contribution in [2.45, 2.75) is 81.6 Å². The van der Waals surface area contributed by atoms with Gasteiger partial charge in [-0.2, -0.15) is 0 Å². The third kappa shape index (κ3) is 1.31. The van der Waals surface area contributed by atoms with E-state index >= 15 is 0 Å². The first kappa shape index (κ1) is 13.6. The second-order valence-electron chi connectivity index (χ2n) is 10.0. The Labute approximate surface area is 138 Å². The molecule has 2 spiro atoms. The first-order chi connectivity index (χ1) is 10.8. The van der Waals surface area contributed by atoms with E-state index in [1.807, 2.05) is 0 Å². The minimum Gasteiger partial charge on any atom is -0.234 e. The van der Waals surface area contributed by atoms with Crippen molar-refractivity contribution in [1.29, 1.82) is 0 Å². The quantitative estimate of drug-likeness (QED) is 0.635. The molecule has 4 saturated carbocycles. The highest BCUT2D eigenvalue weighted by Gasteiger charge is 2.77. The molecule has 2 saturated heterocycles. The van der Waals surface area contributed by atoms with Crippen LogP contribution in [0.25, 0.3) is 0 Å². The summed E-state index contributed by atoms with van der Waals surface area (Å²) < 4.78 is 0. The average molecular weight is 319 g/mol. The van der Waals surface area contributed by atoms with Gasteiger partial charge in [0.25, 0.3) is 0 Å². The summed E-state index contributed by atoms with van der Waals surface area (Å²) in [6.07, 6.45) is 16.2. The van der Waals surface area contributed by atoms with Crippen molar-refractivity contribution < 1.29 is 0 Å². The molecule has 0 radical (unpaired) electrons. The summed E-state index contributed by atoms with van der Waals surface area (Å²) in [7, 11) is -0.129. The highest BCUT2D eigenvalue weighted by molar-refractivity contribution is 8.36. The van der Waals surface area contributed by atoms with Crippen molar-refractivity contribution in [1.82, 2.24) is 0 Å². The van der Waals surface area contributed by atoms with E-state index in [2.05, 4.69) is 6.92 Å². The van der Waals surface area contributed by atoms with Crippen LogP contribution in [0.15, 0.2) is 0 Å². The molecular formula is C21H34S. The Morgan fingerprint density at radius 1 is 0.909 bits per heavy atom. The third-order valence-corrected chi connectivity index (χ3v) is 15.7. The lowest BCUT2D eigenvalue weighted by atomic mass is 9.41.